The number of anilines is 2. The number of ether oxygens (including phenoxy) is 1. The number of amides is 1. The highest BCUT2D eigenvalue weighted by Gasteiger charge is 2.34. The van der Waals surface area contributed by atoms with Gasteiger partial charge in [-0.15, -0.1) is 0 Å². The Kier molecular flexibility index (Phi) is 6.15. The number of rotatable bonds is 4. The van der Waals surface area contributed by atoms with Gasteiger partial charge in [0, 0.05) is 68.0 Å². The Morgan fingerprint density at radius 3 is 2.58 bits per heavy atom. The first kappa shape index (κ1) is 23.8. The zero-order valence-electron chi connectivity index (χ0n) is 20.8. The van der Waals surface area contributed by atoms with E-state index in [0.29, 0.717) is 49.2 Å². The maximum atomic E-state index is 14.5. The van der Waals surface area contributed by atoms with Crippen LogP contribution in [0.25, 0.3) is 11.6 Å². The third-order valence-electron chi connectivity index (χ3n) is 6.15. The minimum atomic E-state index is -0.566. The van der Waals surface area contributed by atoms with Gasteiger partial charge in [0.2, 0.25) is 5.95 Å². The Morgan fingerprint density at radius 1 is 1.11 bits per heavy atom. The molecule has 0 radical (unpaired) electrons. The first-order valence-corrected chi connectivity index (χ1v) is 12.0. The summed E-state index contributed by atoms with van der Waals surface area (Å²) >= 11 is 0. The summed E-state index contributed by atoms with van der Waals surface area (Å²) in [5, 5.41) is 3.31. The molecule has 0 aromatic carbocycles. The number of nitrogens with zero attached hydrogens (tertiary/aromatic N) is 7. The van der Waals surface area contributed by atoms with Gasteiger partial charge < -0.3 is 19.9 Å². The highest BCUT2D eigenvalue weighted by Crippen LogP contribution is 2.33. The van der Waals surface area contributed by atoms with E-state index in [2.05, 4.69) is 30.2 Å². The van der Waals surface area contributed by atoms with Gasteiger partial charge in [0.25, 0.3) is 0 Å². The van der Waals surface area contributed by atoms with Crippen molar-refractivity contribution in [2.24, 2.45) is 0 Å². The van der Waals surface area contributed by atoms with E-state index >= 15 is 0 Å². The van der Waals surface area contributed by atoms with Crippen molar-refractivity contribution in [3.63, 3.8) is 0 Å². The van der Waals surface area contributed by atoms with Crippen molar-refractivity contribution < 1.29 is 13.9 Å². The minimum Gasteiger partial charge on any atom is -0.444 e. The molecule has 5 rings (SSSR count). The zero-order valence-corrected chi connectivity index (χ0v) is 20.8. The van der Waals surface area contributed by atoms with Crippen molar-refractivity contribution >= 4 is 17.6 Å². The molecular weight excluding hydrogens is 463 g/mol. The summed E-state index contributed by atoms with van der Waals surface area (Å²) in [6.07, 6.45) is 5.44. The van der Waals surface area contributed by atoms with E-state index in [1.165, 1.54) is 6.07 Å². The molecule has 0 spiro atoms. The number of pyridine rings is 1. The van der Waals surface area contributed by atoms with Gasteiger partial charge in [0.1, 0.15) is 11.4 Å². The predicted molar refractivity (Wildman–Crippen MR) is 132 cm³/mol. The van der Waals surface area contributed by atoms with E-state index in [9.17, 15) is 9.18 Å². The fraction of sp³-hybridized carbons (Fsp3) is 0.440. The molecule has 0 saturated carbocycles. The molecule has 188 valence electrons. The third kappa shape index (κ3) is 5.05. The molecule has 2 aliphatic rings. The number of fused-ring (bicyclic) bond motifs is 1. The van der Waals surface area contributed by atoms with Crippen LogP contribution in [0.3, 0.4) is 0 Å². The number of carbonyl (C=O) groups is 1. The standard InChI is InChI=1S/C25H29FN8O2/c1-15-18-12-29-23(22-27-7-5-8-28-22)31-19(18)6-9-34(15)21-11-16(10-20(26)32-21)30-17-13-33(14-17)24(35)36-25(2,3)4/h5,7-8,10-12,15,17H,6,9,13-14H2,1-4H3,(H,30,32). The zero-order chi connectivity index (χ0) is 25.4. The van der Waals surface area contributed by atoms with E-state index in [0.717, 1.165) is 11.3 Å². The third-order valence-corrected chi connectivity index (χ3v) is 6.15. The van der Waals surface area contributed by atoms with Crippen LogP contribution in [0.1, 0.15) is 45.0 Å². The fourth-order valence-corrected chi connectivity index (χ4v) is 4.39. The topological polar surface area (TPSA) is 109 Å². The van der Waals surface area contributed by atoms with Gasteiger partial charge in [-0.05, 0) is 33.8 Å². The van der Waals surface area contributed by atoms with E-state index in [4.69, 9.17) is 4.74 Å². The summed E-state index contributed by atoms with van der Waals surface area (Å²) in [5.74, 6) is 0.948. The van der Waals surface area contributed by atoms with E-state index in [-0.39, 0.29) is 18.2 Å². The van der Waals surface area contributed by atoms with E-state index < -0.39 is 11.5 Å². The number of nitrogens with one attached hydrogen (secondary N) is 1. The van der Waals surface area contributed by atoms with Crippen molar-refractivity contribution in [1.82, 2.24) is 29.8 Å². The number of halogens is 1. The van der Waals surface area contributed by atoms with Crippen LogP contribution < -0.4 is 10.2 Å². The van der Waals surface area contributed by atoms with Gasteiger partial charge in [-0.3, -0.25) is 0 Å². The van der Waals surface area contributed by atoms with Gasteiger partial charge in [-0.2, -0.15) is 4.39 Å². The maximum Gasteiger partial charge on any atom is 0.410 e. The van der Waals surface area contributed by atoms with Gasteiger partial charge in [-0.1, -0.05) is 0 Å². The average molecular weight is 493 g/mol. The Hall–Kier alpha value is -3.89. The number of aromatic nitrogens is 5. The summed E-state index contributed by atoms with van der Waals surface area (Å²) < 4.78 is 19.9. The van der Waals surface area contributed by atoms with Crippen LogP contribution in [-0.2, 0) is 11.2 Å². The lowest BCUT2D eigenvalue weighted by molar-refractivity contribution is 0.0105. The number of likely N-dealkylation sites (tertiary alicyclic amines) is 1. The second kappa shape index (κ2) is 9.29. The first-order valence-electron chi connectivity index (χ1n) is 12.0. The van der Waals surface area contributed by atoms with Gasteiger partial charge in [0.05, 0.1) is 17.8 Å². The second-order valence-electron chi connectivity index (χ2n) is 10.1. The van der Waals surface area contributed by atoms with Crippen LogP contribution in [0.15, 0.2) is 36.8 Å². The SMILES string of the molecule is CC1c2cnc(-c3ncccn3)nc2CCN1c1cc(NC2CN(C(=O)OC(C)(C)C)C2)cc(F)n1. The number of hydrogen-bond acceptors (Lipinski definition) is 9. The highest BCUT2D eigenvalue weighted by molar-refractivity contribution is 5.70. The molecule has 0 bridgehead atoms. The summed E-state index contributed by atoms with van der Waals surface area (Å²) in [6.45, 7) is 9.16. The van der Waals surface area contributed by atoms with Gasteiger partial charge >= 0.3 is 6.09 Å². The van der Waals surface area contributed by atoms with Crippen LogP contribution in [0.4, 0.5) is 20.7 Å². The summed E-state index contributed by atoms with van der Waals surface area (Å²) in [7, 11) is 0. The second-order valence-corrected chi connectivity index (χ2v) is 10.1. The van der Waals surface area contributed by atoms with Crippen LogP contribution in [-0.4, -0.2) is 67.2 Å². The smallest absolute Gasteiger partial charge is 0.410 e. The van der Waals surface area contributed by atoms with Crippen molar-refractivity contribution in [3.8, 4) is 11.6 Å². The lowest BCUT2D eigenvalue weighted by atomic mass is 9.99. The summed E-state index contributed by atoms with van der Waals surface area (Å²) in [6, 6.07) is 4.89. The fourth-order valence-electron chi connectivity index (χ4n) is 4.39. The Morgan fingerprint density at radius 2 is 1.86 bits per heavy atom. The van der Waals surface area contributed by atoms with Crippen molar-refractivity contribution in [2.75, 3.05) is 29.9 Å². The number of carbonyl (C=O) groups excluding carboxylic acids is 1. The molecule has 1 unspecified atom stereocenters. The lowest BCUT2D eigenvalue weighted by Gasteiger charge is -2.40. The molecule has 0 aliphatic carbocycles. The van der Waals surface area contributed by atoms with Crippen molar-refractivity contribution in [1.29, 1.82) is 0 Å². The number of hydrogen-bond donors (Lipinski definition) is 1. The van der Waals surface area contributed by atoms with E-state index in [1.807, 2.05) is 38.7 Å². The van der Waals surface area contributed by atoms with Crippen LogP contribution in [0.5, 0.6) is 0 Å². The highest BCUT2D eigenvalue weighted by atomic mass is 19.1. The Bertz CT molecular complexity index is 1260. The molecule has 5 heterocycles. The molecule has 1 fully saturated rings. The molecule has 36 heavy (non-hydrogen) atoms. The quantitative estimate of drug-likeness (QED) is 0.546. The maximum absolute atomic E-state index is 14.5. The molecule has 10 nitrogen and oxygen atoms in total. The Balaban J connectivity index is 1.27. The molecular formula is C25H29FN8O2. The van der Waals surface area contributed by atoms with E-state index in [1.54, 1.807) is 29.6 Å². The van der Waals surface area contributed by atoms with Gasteiger partial charge in [0.15, 0.2) is 11.6 Å². The summed E-state index contributed by atoms with van der Waals surface area (Å²) in [4.78, 5) is 37.6. The normalized spacial score (nSPS) is 17.9. The minimum absolute atomic E-state index is 0.0127. The van der Waals surface area contributed by atoms with Crippen molar-refractivity contribution in [3.05, 3.63) is 54.0 Å². The van der Waals surface area contributed by atoms with Gasteiger partial charge in [-0.25, -0.2) is 29.7 Å². The molecule has 2 aliphatic heterocycles. The molecule has 11 heteroatoms. The largest absolute Gasteiger partial charge is 0.444 e. The lowest BCUT2D eigenvalue weighted by Crippen LogP contribution is -2.57. The summed E-state index contributed by atoms with van der Waals surface area (Å²) in [5.41, 5.74) is 1.98. The average Bonchev–Trinajstić information content (AvgIpc) is 2.80. The van der Waals surface area contributed by atoms with Crippen LogP contribution in [0.2, 0.25) is 0 Å². The van der Waals surface area contributed by atoms with Crippen LogP contribution >= 0.6 is 0 Å². The molecule has 1 amide bonds. The van der Waals surface area contributed by atoms with Crippen LogP contribution in [0, 0.1) is 5.95 Å². The Labute approximate surface area is 209 Å². The van der Waals surface area contributed by atoms with Crippen molar-refractivity contribution in [2.45, 2.75) is 51.8 Å². The monoisotopic (exact) mass is 492 g/mol. The molecule has 1 saturated heterocycles. The molecule has 1 atom stereocenters. The first-order chi connectivity index (χ1) is 17.2. The molecule has 3 aromatic heterocycles. The predicted octanol–water partition coefficient (Wildman–Crippen LogP) is 3.62. The molecule has 1 N–H and O–H groups in total. The molecule has 3 aromatic rings.